The predicted octanol–water partition coefficient (Wildman–Crippen LogP) is 14.1. The maximum absolute atomic E-state index is 12.8. The van der Waals surface area contributed by atoms with Gasteiger partial charge in [0.2, 0.25) is 11.8 Å². The highest BCUT2D eigenvalue weighted by molar-refractivity contribution is 9.10. The standard InChI is InChI=1S/C27H34N4O3S2.C24H29BrN4O3S2.C8H15BO2/c1-7-17-8-9-20-19(14-17)29-24(35-20)23-18-11-13-31(26(33)34-27(4,5)6)15-21(18)36-25(23)30-22(32)10-12-28-16(2)3;1-5-26-10-8-19(30)28-22-20(21-27-16-12-14(25)6-7-17(16)33-21)15-9-11-29(13-18(15)34-22)23(31)32-24(2,3)4;1-6-9-10-7(2,3)8(4,5)11-9/h7-9,14,16,28H,1,10-13,15H2,2-6H3,(H,30,32);6-7,12,26H,5,8-11,13H2,1-4H3,(H,28,30);6H,1H2,2-5H3. The minimum atomic E-state index is -0.549. The van der Waals surface area contributed by atoms with E-state index in [2.05, 4.69) is 76.3 Å². The monoisotopic (exact) mass is 1240 g/mol. The highest BCUT2D eigenvalue weighted by Crippen LogP contribution is 2.48. The van der Waals surface area contributed by atoms with Crippen molar-refractivity contribution in [1.29, 1.82) is 0 Å². The fourth-order valence-electron chi connectivity index (χ4n) is 8.80. The molecule has 1 fully saturated rings. The first-order valence-electron chi connectivity index (χ1n) is 27.4. The van der Waals surface area contributed by atoms with Crippen LogP contribution in [0.4, 0.5) is 19.6 Å². The van der Waals surface area contributed by atoms with E-state index in [0.29, 0.717) is 71.0 Å². The number of aromatic nitrogens is 2. The van der Waals surface area contributed by atoms with Crippen LogP contribution in [0.25, 0.3) is 47.7 Å². The lowest BCUT2D eigenvalue weighted by Crippen LogP contribution is -2.41. The summed E-state index contributed by atoms with van der Waals surface area (Å²) < 4.78 is 25.5. The summed E-state index contributed by atoms with van der Waals surface area (Å²) >= 11 is 9.82. The number of nitrogens with one attached hydrogen (secondary N) is 4. The van der Waals surface area contributed by atoms with E-state index >= 15 is 0 Å². The van der Waals surface area contributed by atoms with Gasteiger partial charge in [0.15, 0.2) is 0 Å². The van der Waals surface area contributed by atoms with Gasteiger partial charge >= 0.3 is 19.3 Å². The van der Waals surface area contributed by atoms with Crippen LogP contribution in [-0.2, 0) is 54.3 Å². The molecule has 9 rings (SSSR count). The number of nitrogens with zero attached hydrogens (tertiary/aromatic N) is 4. The molecule has 3 aliphatic rings. The first-order chi connectivity index (χ1) is 38.1. The number of amides is 4. The lowest BCUT2D eigenvalue weighted by atomic mass is 9.90. The van der Waals surface area contributed by atoms with Crippen LogP contribution in [0.1, 0.15) is 129 Å². The minimum absolute atomic E-state index is 0.0337. The largest absolute Gasteiger partial charge is 0.486 e. The van der Waals surface area contributed by atoms with E-state index in [-0.39, 0.29) is 42.3 Å². The van der Waals surface area contributed by atoms with E-state index in [1.54, 1.807) is 38.4 Å². The van der Waals surface area contributed by atoms with E-state index in [0.717, 1.165) is 89.0 Å². The number of anilines is 2. The molecule has 0 spiro atoms. The van der Waals surface area contributed by atoms with Gasteiger partial charge in [-0.15, -0.1) is 51.9 Å². The van der Waals surface area contributed by atoms with Gasteiger partial charge < -0.3 is 49.8 Å². The number of fused-ring (bicyclic) bond motifs is 4. The Balaban J connectivity index is 0.000000197. The molecule has 4 N–H and O–H groups in total. The van der Waals surface area contributed by atoms with Gasteiger partial charge in [-0.05, 0) is 136 Å². The van der Waals surface area contributed by atoms with Gasteiger partial charge in [-0.2, -0.15) is 0 Å². The molecule has 16 nitrogen and oxygen atoms in total. The fourth-order valence-corrected chi connectivity index (χ4v) is 13.9. The van der Waals surface area contributed by atoms with E-state index < -0.39 is 11.2 Å². The zero-order valence-corrected chi connectivity index (χ0v) is 53.9. The summed E-state index contributed by atoms with van der Waals surface area (Å²) in [5.74, 6) is 1.60. The topological polar surface area (TPSA) is 186 Å². The third-order valence-electron chi connectivity index (χ3n) is 13.5. The van der Waals surface area contributed by atoms with Crippen molar-refractivity contribution >= 4 is 129 Å². The second kappa shape index (κ2) is 26.7. The quantitative estimate of drug-likeness (QED) is 0.0598. The number of rotatable bonds is 14. The SMILES string of the molecule is C=CB1OC(C)(C)C(C)(C)O1.C=Cc1ccc2sc(-c3c(NC(=O)CCNC(C)C)sc4c3CCN(C(=O)OC(C)(C)C)C4)nc2c1.CCNCCC(=O)Nc1sc2c(c1-c1nc3cc(Br)ccc3s1)CCN(C(=O)OC(C)(C)C)C2. The Bertz CT molecular complexity index is 3250. The van der Waals surface area contributed by atoms with Crippen molar-refractivity contribution in [3.8, 4) is 21.1 Å². The first-order valence-corrected chi connectivity index (χ1v) is 31.5. The Hall–Kier alpha value is -5.04. The van der Waals surface area contributed by atoms with Gasteiger partial charge in [0.1, 0.15) is 31.2 Å². The summed E-state index contributed by atoms with van der Waals surface area (Å²) in [7, 11) is -0.250. The summed E-state index contributed by atoms with van der Waals surface area (Å²) in [4.78, 5) is 66.3. The van der Waals surface area contributed by atoms with E-state index in [9.17, 15) is 19.2 Å². The van der Waals surface area contributed by atoms with Gasteiger partial charge in [-0.3, -0.25) is 9.59 Å². The van der Waals surface area contributed by atoms with E-state index in [1.165, 1.54) is 22.7 Å². The lowest BCUT2D eigenvalue weighted by molar-refractivity contribution is -0.116. The number of hydrogen-bond donors (Lipinski definition) is 4. The predicted molar refractivity (Wildman–Crippen MR) is 339 cm³/mol. The number of benzene rings is 2. The smallest absolute Gasteiger partial charge is 0.444 e. The molecule has 2 aromatic carbocycles. The van der Waals surface area contributed by atoms with E-state index in [1.807, 2.05) is 107 Å². The van der Waals surface area contributed by atoms with Gasteiger partial charge in [0, 0.05) is 70.4 Å². The molecule has 3 aliphatic heterocycles. The summed E-state index contributed by atoms with van der Waals surface area (Å²) in [6, 6.07) is 12.5. The van der Waals surface area contributed by atoms with Crippen LogP contribution >= 0.6 is 61.3 Å². The van der Waals surface area contributed by atoms with Crippen molar-refractivity contribution < 1.29 is 38.0 Å². The third-order valence-corrected chi connectivity index (χ3v) is 18.4. The van der Waals surface area contributed by atoms with Gasteiger partial charge in [-0.1, -0.05) is 61.4 Å². The molecule has 7 heterocycles. The van der Waals surface area contributed by atoms with Crippen LogP contribution in [0.3, 0.4) is 0 Å². The summed E-state index contributed by atoms with van der Waals surface area (Å²) in [6.07, 6.45) is 3.33. The highest BCUT2D eigenvalue weighted by Gasteiger charge is 2.49. The average Bonchev–Trinajstić information content (AvgIpc) is 4.41. The Morgan fingerprint density at radius 2 is 1.21 bits per heavy atom. The third kappa shape index (κ3) is 16.6. The number of carbonyl (C=O) groups is 4. The summed E-state index contributed by atoms with van der Waals surface area (Å²) in [5.41, 5.74) is 5.57. The second-order valence-corrected chi connectivity index (χ2v) is 28.4. The lowest BCUT2D eigenvalue weighted by Gasteiger charge is -2.32. The number of hydrogen-bond acceptors (Lipinski definition) is 16. The molecule has 0 aliphatic carbocycles. The van der Waals surface area contributed by atoms with Crippen LogP contribution in [0.15, 0.2) is 60.0 Å². The highest BCUT2D eigenvalue weighted by atomic mass is 79.9. The van der Waals surface area contributed by atoms with Crippen LogP contribution in [-0.4, -0.2) is 112 Å². The molecular weight excluding hydrogens is 1170 g/mol. The molecule has 81 heavy (non-hydrogen) atoms. The molecule has 436 valence electrons. The maximum atomic E-state index is 12.8. The van der Waals surface area contributed by atoms with Crippen molar-refractivity contribution in [3.05, 3.63) is 86.4 Å². The van der Waals surface area contributed by atoms with E-state index in [4.69, 9.17) is 28.8 Å². The number of thiazole rings is 2. The molecule has 6 aromatic rings. The van der Waals surface area contributed by atoms with Crippen LogP contribution in [0.5, 0.6) is 0 Å². The maximum Gasteiger partial charge on any atom is 0.486 e. The molecule has 0 bridgehead atoms. The summed E-state index contributed by atoms with van der Waals surface area (Å²) in [5, 5.41) is 16.1. The zero-order valence-electron chi connectivity index (χ0n) is 49.0. The number of halogens is 1. The molecular formula is C59H78BBrN8O8S4. The van der Waals surface area contributed by atoms with Crippen molar-refractivity contribution in [3.63, 3.8) is 0 Å². The number of ether oxygens (including phenoxy) is 2. The summed E-state index contributed by atoms with van der Waals surface area (Å²) in [6.45, 7) is 37.1. The number of carbonyl (C=O) groups excluding carboxylic acids is 4. The Morgan fingerprint density at radius 1 is 0.741 bits per heavy atom. The van der Waals surface area contributed by atoms with Gasteiger partial charge in [-0.25, -0.2) is 19.6 Å². The fraction of sp³-hybridized carbons (Fsp3) is 0.492. The Morgan fingerprint density at radius 3 is 1.64 bits per heavy atom. The molecule has 0 saturated carbocycles. The number of thiophene rings is 2. The van der Waals surface area contributed by atoms with Crippen molar-refractivity contribution in [2.24, 2.45) is 0 Å². The average molecular weight is 1250 g/mol. The molecule has 0 radical (unpaired) electrons. The minimum Gasteiger partial charge on any atom is -0.444 e. The van der Waals surface area contributed by atoms with Crippen LogP contribution in [0, 0.1) is 0 Å². The Kier molecular flexibility index (Phi) is 20.9. The molecule has 0 atom stereocenters. The molecule has 22 heteroatoms. The zero-order chi connectivity index (χ0) is 59.2. The molecule has 1 saturated heterocycles. The van der Waals surface area contributed by atoms with Crippen molar-refractivity contribution in [1.82, 2.24) is 30.4 Å². The van der Waals surface area contributed by atoms with Crippen molar-refractivity contribution in [2.75, 3.05) is 43.4 Å². The molecule has 0 unspecified atom stereocenters. The van der Waals surface area contributed by atoms with Crippen LogP contribution < -0.4 is 21.3 Å². The first kappa shape index (κ1) is 63.5. The molecule has 4 amide bonds. The van der Waals surface area contributed by atoms with Crippen LogP contribution in [0.2, 0.25) is 0 Å². The van der Waals surface area contributed by atoms with Crippen molar-refractivity contribution in [2.45, 2.75) is 157 Å². The molecule has 4 aromatic heterocycles. The normalized spacial score (nSPS) is 15.5. The Labute approximate surface area is 502 Å². The van der Waals surface area contributed by atoms with Gasteiger partial charge in [0.25, 0.3) is 0 Å². The van der Waals surface area contributed by atoms with Gasteiger partial charge in [0.05, 0.1) is 44.7 Å². The second-order valence-electron chi connectivity index (χ2n) is 23.2.